The van der Waals surface area contributed by atoms with Gasteiger partial charge in [0.15, 0.2) is 12.4 Å². The van der Waals surface area contributed by atoms with E-state index >= 15 is 0 Å². The number of fused-ring (bicyclic) bond motifs is 7. The number of benzene rings is 4. The highest BCUT2D eigenvalue weighted by atomic mass is 16.5. The van der Waals surface area contributed by atoms with E-state index in [4.69, 9.17) is 4.74 Å². The molecule has 0 N–H and O–H groups in total. The number of nitrogens with zero attached hydrogens (tertiary/aromatic N) is 3. The van der Waals surface area contributed by atoms with Gasteiger partial charge in [0.1, 0.15) is 0 Å². The molecule has 0 saturated carbocycles. The average molecular weight is 639 g/mol. The first-order valence-corrected chi connectivity index (χ1v) is 16.9. The first-order chi connectivity index (χ1) is 24.0. The fourth-order valence-corrected chi connectivity index (χ4v) is 8.20. The molecule has 2 unspecified atom stereocenters. The van der Waals surface area contributed by atoms with E-state index < -0.39 is 0 Å². The van der Waals surface area contributed by atoms with Crippen LogP contribution in [0.1, 0.15) is 39.3 Å². The molecule has 2 aliphatic rings. The Bertz CT molecular complexity index is 2470. The van der Waals surface area contributed by atoms with Crippen molar-refractivity contribution in [2.45, 2.75) is 32.5 Å². The Kier molecular flexibility index (Phi) is 6.76. The van der Waals surface area contributed by atoms with Gasteiger partial charge >= 0.3 is 5.97 Å². The number of rotatable bonds is 4. The standard InChI is InChI=1S/C44H36N3O2/c1-28-18-20-30(21-19-28)32-25-38(33-13-6-4-11-29(33)2)47(39(26-32)44(48)49-3)40-27-45-24-22-31-12-5-7-14-34(31)42(45)36-16-10-15-35-37-17-8-9-23-46(37)43(40)41(35)36/h4-26,40,43H,27H2,1-3H3/q+3. The average Bonchev–Trinajstić information content (AvgIpc) is 3.39. The van der Waals surface area contributed by atoms with E-state index in [1.165, 1.54) is 51.5 Å². The van der Waals surface area contributed by atoms with Gasteiger partial charge in [-0.1, -0.05) is 72.3 Å². The smallest absolute Gasteiger partial charge is 0.403 e. The van der Waals surface area contributed by atoms with Crippen LogP contribution in [0.5, 0.6) is 0 Å². The molecule has 4 aromatic carbocycles. The number of carbonyl (C=O) groups is 1. The molecule has 9 rings (SSSR count). The summed E-state index contributed by atoms with van der Waals surface area (Å²) in [6.07, 6.45) is 4.41. The minimum Gasteiger partial charge on any atom is -0.461 e. The third-order valence-corrected chi connectivity index (χ3v) is 10.4. The molecule has 236 valence electrons. The third-order valence-electron chi connectivity index (χ3n) is 10.4. The SMILES string of the molecule is COC(=O)c1cc(-c2ccc(C)cc2)cc(-c2ccccc2C)[n+]1C1C[n+]2ccc3ccccc3c2-c2cccc3c2C1[n+]1ccccc1-3. The van der Waals surface area contributed by atoms with E-state index in [0.717, 1.165) is 27.9 Å². The van der Waals surface area contributed by atoms with Crippen molar-refractivity contribution in [2.75, 3.05) is 7.11 Å². The summed E-state index contributed by atoms with van der Waals surface area (Å²) in [4.78, 5) is 14.1. The first kappa shape index (κ1) is 29.2. The summed E-state index contributed by atoms with van der Waals surface area (Å²) in [5.41, 5.74) is 13.1. The lowest BCUT2D eigenvalue weighted by molar-refractivity contribution is -0.837. The fourth-order valence-electron chi connectivity index (χ4n) is 8.20. The van der Waals surface area contributed by atoms with Crippen molar-refractivity contribution < 1.29 is 23.2 Å². The lowest BCUT2D eigenvalue weighted by Crippen LogP contribution is -2.59. The number of aryl methyl sites for hydroxylation is 2. The number of hydrogen-bond acceptors (Lipinski definition) is 2. The number of hydrogen-bond donors (Lipinski definition) is 0. The van der Waals surface area contributed by atoms with Crippen molar-refractivity contribution >= 4 is 16.7 Å². The highest BCUT2D eigenvalue weighted by molar-refractivity contribution is 5.95. The molecule has 0 spiro atoms. The summed E-state index contributed by atoms with van der Waals surface area (Å²) < 4.78 is 12.7. The molecule has 0 bridgehead atoms. The quantitative estimate of drug-likeness (QED) is 0.145. The van der Waals surface area contributed by atoms with Gasteiger partial charge in [0.2, 0.25) is 23.6 Å². The van der Waals surface area contributed by atoms with Crippen LogP contribution in [-0.4, -0.2) is 13.1 Å². The van der Waals surface area contributed by atoms with Crippen LogP contribution in [0.2, 0.25) is 0 Å². The molecule has 5 heterocycles. The van der Waals surface area contributed by atoms with E-state index in [2.05, 4.69) is 161 Å². The number of pyridine rings is 3. The highest BCUT2D eigenvalue weighted by Crippen LogP contribution is 2.46. The number of ether oxygens (including phenoxy) is 1. The van der Waals surface area contributed by atoms with Crippen molar-refractivity contribution in [3.05, 3.63) is 162 Å². The largest absolute Gasteiger partial charge is 0.461 e. The van der Waals surface area contributed by atoms with Gasteiger partial charge in [-0.3, -0.25) is 0 Å². The van der Waals surface area contributed by atoms with Crippen LogP contribution < -0.4 is 13.7 Å². The Balaban J connectivity index is 1.41. The van der Waals surface area contributed by atoms with Crippen LogP contribution in [0.3, 0.4) is 0 Å². The molecular weight excluding hydrogens is 603 g/mol. The van der Waals surface area contributed by atoms with Crippen LogP contribution in [0.15, 0.2) is 140 Å². The summed E-state index contributed by atoms with van der Waals surface area (Å²) >= 11 is 0. The molecule has 0 amide bonds. The fraction of sp³-hybridized carbons (Fsp3) is 0.136. The van der Waals surface area contributed by atoms with Crippen LogP contribution in [-0.2, 0) is 11.3 Å². The number of aromatic nitrogens is 3. The zero-order valence-electron chi connectivity index (χ0n) is 27.8. The maximum absolute atomic E-state index is 14.1. The molecule has 0 fully saturated rings. The molecular formula is C44H36N3O2+3. The van der Waals surface area contributed by atoms with E-state index in [-0.39, 0.29) is 18.1 Å². The molecule has 0 aliphatic carbocycles. The van der Waals surface area contributed by atoms with E-state index in [1.807, 2.05) is 6.07 Å². The Hall–Kier alpha value is -5.94. The summed E-state index contributed by atoms with van der Waals surface area (Å²) in [6, 6.07) is 45.0. The van der Waals surface area contributed by atoms with Crippen molar-refractivity contribution in [2.24, 2.45) is 0 Å². The molecule has 5 nitrogen and oxygen atoms in total. The zero-order chi connectivity index (χ0) is 33.2. The maximum Gasteiger partial charge on any atom is 0.403 e. The second-order valence-corrected chi connectivity index (χ2v) is 13.2. The minimum atomic E-state index is -0.360. The van der Waals surface area contributed by atoms with Crippen LogP contribution in [0.4, 0.5) is 0 Å². The molecule has 0 saturated heterocycles. The summed E-state index contributed by atoms with van der Waals surface area (Å²) in [5, 5.41) is 2.42. The van der Waals surface area contributed by atoms with Gasteiger partial charge in [0.05, 0.1) is 29.2 Å². The van der Waals surface area contributed by atoms with Crippen LogP contribution in [0.25, 0.3) is 55.7 Å². The molecule has 49 heavy (non-hydrogen) atoms. The zero-order valence-corrected chi connectivity index (χ0v) is 27.8. The molecule has 2 aliphatic heterocycles. The van der Waals surface area contributed by atoms with Crippen LogP contribution >= 0.6 is 0 Å². The number of methoxy groups -OCH3 is 1. The van der Waals surface area contributed by atoms with Crippen LogP contribution in [0, 0.1) is 13.8 Å². The normalized spacial score (nSPS) is 15.7. The predicted octanol–water partition coefficient (Wildman–Crippen LogP) is 7.93. The highest BCUT2D eigenvalue weighted by Gasteiger charge is 2.55. The monoisotopic (exact) mass is 638 g/mol. The van der Waals surface area contributed by atoms with Crippen molar-refractivity contribution in [1.82, 2.24) is 0 Å². The molecule has 0 radical (unpaired) electrons. The first-order valence-electron chi connectivity index (χ1n) is 16.9. The van der Waals surface area contributed by atoms with Crippen molar-refractivity contribution in [1.29, 1.82) is 0 Å². The summed E-state index contributed by atoms with van der Waals surface area (Å²) in [7, 11) is 1.48. The van der Waals surface area contributed by atoms with Gasteiger partial charge in [-0.05, 0) is 66.3 Å². The van der Waals surface area contributed by atoms with Crippen molar-refractivity contribution in [3.8, 4) is 44.9 Å². The third kappa shape index (κ3) is 4.53. The predicted molar refractivity (Wildman–Crippen MR) is 191 cm³/mol. The lowest BCUT2D eigenvalue weighted by Gasteiger charge is -2.19. The molecule has 3 aromatic heterocycles. The Morgan fingerprint density at radius 1 is 0.694 bits per heavy atom. The summed E-state index contributed by atoms with van der Waals surface area (Å²) in [6.45, 7) is 4.87. The van der Waals surface area contributed by atoms with Gasteiger partial charge < -0.3 is 4.74 Å². The van der Waals surface area contributed by atoms with Gasteiger partial charge in [-0.2, -0.15) is 13.7 Å². The molecule has 7 aromatic rings. The Morgan fingerprint density at radius 3 is 2.29 bits per heavy atom. The molecule has 2 atom stereocenters. The number of esters is 1. The summed E-state index contributed by atoms with van der Waals surface area (Å²) in [5.74, 6) is -0.360. The van der Waals surface area contributed by atoms with E-state index in [0.29, 0.717) is 12.2 Å². The van der Waals surface area contributed by atoms with Gasteiger partial charge in [0, 0.05) is 35.9 Å². The van der Waals surface area contributed by atoms with Gasteiger partial charge in [-0.25, -0.2) is 4.79 Å². The second kappa shape index (κ2) is 11.3. The minimum absolute atomic E-state index is 0.0949. The van der Waals surface area contributed by atoms with E-state index in [9.17, 15) is 4.79 Å². The van der Waals surface area contributed by atoms with Gasteiger partial charge in [-0.15, -0.1) is 0 Å². The van der Waals surface area contributed by atoms with Gasteiger partial charge in [0.25, 0.3) is 17.8 Å². The lowest BCUT2D eigenvalue weighted by atomic mass is 9.90. The Morgan fingerprint density at radius 2 is 1.45 bits per heavy atom. The second-order valence-electron chi connectivity index (χ2n) is 13.2. The Labute approximate surface area is 286 Å². The molecule has 5 heteroatoms. The topological polar surface area (TPSA) is 37.9 Å². The maximum atomic E-state index is 14.1. The number of carbonyl (C=O) groups excluding carboxylic acids is 1. The van der Waals surface area contributed by atoms with E-state index in [1.54, 1.807) is 0 Å². The van der Waals surface area contributed by atoms with Crippen molar-refractivity contribution in [3.63, 3.8) is 0 Å².